The summed E-state index contributed by atoms with van der Waals surface area (Å²) in [7, 11) is 0. The van der Waals surface area contributed by atoms with E-state index in [1.807, 2.05) is 0 Å². The number of rotatable bonds is 9. The Balaban J connectivity index is 1.76. The molecule has 0 atom stereocenters. The van der Waals surface area contributed by atoms with Crippen molar-refractivity contribution < 1.29 is 119 Å². The largest absolute Gasteiger partial charge is 0.422 e. The minimum Gasteiger partial charge on any atom is -0.305 e. The van der Waals surface area contributed by atoms with Gasteiger partial charge >= 0.3 is 30.9 Å². The molecule has 0 fully saturated rings. The van der Waals surface area contributed by atoms with Gasteiger partial charge in [0.05, 0.1) is 28.1 Å². The standard InChI is InChI=1S/C48H18F27N3/c49-25-14-15-26(50)32(52)41(31(25)51)78(23-11-5-20(6-12-23)46(67,68)69)28-17-24(76(21-7-1-18(2-8-21)44(61,62)63)42-37(57)33(53)29(47(70,71)72)34(54)38(42)58)13-16-27(28)77(22-9-3-19(4-10-22)45(64,65)66)43-39(59)35(55)30(48(73,74)75)36(56)40(43)60/h1-14,16-17H,15H2. The average molecular weight is 1150 g/mol. The van der Waals surface area contributed by atoms with E-state index < -0.39 is 196 Å². The van der Waals surface area contributed by atoms with E-state index in [2.05, 4.69) is 0 Å². The Morgan fingerprint density at radius 3 is 0.974 bits per heavy atom. The highest BCUT2D eigenvalue weighted by molar-refractivity contribution is 5.93. The first-order chi connectivity index (χ1) is 35.9. The molecule has 1 aliphatic carbocycles. The van der Waals surface area contributed by atoms with Crippen molar-refractivity contribution in [2.75, 3.05) is 14.7 Å². The van der Waals surface area contributed by atoms with Crippen molar-refractivity contribution in [3.8, 4) is 0 Å². The van der Waals surface area contributed by atoms with Crippen LogP contribution in [0.1, 0.15) is 34.2 Å². The number of hydrogen-bond donors (Lipinski definition) is 0. The zero-order chi connectivity index (χ0) is 58.3. The van der Waals surface area contributed by atoms with Gasteiger partial charge in [0, 0.05) is 29.2 Å². The van der Waals surface area contributed by atoms with Crippen LogP contribution in [-0.4, -0.2) is 0 Å². The smallest absolute Gasteiger partial charge is 0.305 e. The molecule has 0 saturated carbocycles. The summed E-state index contributed by atoms with van der Waals surface area (Å²) in [6.07, 6.45) is -30.4. The summed E-state index contributed by atoms with van der Waals surface area (Å²) in [5.74, 6) is -35.9. The molecule has 6 aromatic rings. The van der Waals surface area contributed by atoms with Crippen molar-refractivity contribution in [1.29, 1.82) is 0 Å². The Kier molecular flexibility index (Phi) is 14.9. The molecule has 0 spiro atoms. The molecule has 3 nitrogen and oxygen atoms in total. The minimum absolute atomic E-state index is 0.00575. The van der Waals surface area contributed by atoms with Crippen molar-refractivity contribution in [3.05, 3.63) is 200 Å². The third-order valence-electron chi connectivity index (χ3n) is 11.1. The van der Waals surface area contributed by atoms with E-state index in [1.165, 1.54) is 0 Å². The zero-order valence-corrected chi connectivity index (χ0v) is 37.0. The number of alkyl halides is 15. The van der Waals surface area contributed by atoms with E-state index in [0.29, 0.717) is 0 Å². The second-order valence-electron chi connectivity index (χ2n) is 15.9. The number of allylic oxidation sites excluding steroid dienone is 5. The summed E-state index contributed by atoms with van der Waals surface area (Å²) in [6.45, 7) is 0. The van der Waals surface area contributed by atoms with Crippen LogP contribution in [0.5, 0.6) is 0 Å². The van der Waals surface area contributed by atoms with Crippen LogP contribution in [-0.2, 0) is 30.9 Å². The lowest BCUT2D eigenvalue weighted by molar-refractivity contribution is -0.144. The van der Waals surface area contributed by atoms with Crippen LogP contribution in [0.25, 0.3) is 0 Å². The molecule has 30 heteroatoms. The van der Waals surface area contributed by atoms with Gasteiger partial charge in [0.1, 0.15) is 34.0 Å². The molecular formula is C48H18F27N3. The van der Waals surface area contributed by atoms with Crippen LogP contribution in [0, 0.1) is 46.5 Å². The fourth-order valence-electron chi connectivity index (χ4n) is 7.63. The lowest BCUT2D eigenvalue weighted by Gasteiger charge is -2.36. The summed E-state index contributed by atoms with van der Waals surface area (Å²) in [6, 6.07) is 0.811. The van der Waals surface area contributed by atoms with Gasteiger partial charge in [-0.15, -0.1) is 0 Å². The minimum atomic E-state index is -6.36. The first-order valence-corrected chi connectivity index (χ1v) is 20.6. The molecule has 1 aliphatic rings. The van der Waals surface area contributed by atoms with Crippen LogP contribution >= 0.6 is 0 Å². The summed E-state index contributed by atoms with van der Waals surface area (Å²) in [5, 5.41) is 0. The molecule has 6 aromatic carbocycles. The summed E-state index contributed by atoms with van der Waals surface area (Å²) in [4.78, 5) is -1.26. The number of hydrogen-bond acceptors (Lipinski definition) is 3. The van der Waals surface area contributed by atoms with E-state index in [1.54, 1.807) is 0 Å². The van der Waals surface area contributed by atoms with Crippen LogP contribution in [0.2, 0.25) is 0 Å². The van der Waals surface area contributed by atoms with Gasteiger partial charge in [-0.1, -0.05) is 0 Å². The average Bonchev–Trinajstić information content (AvgIpc) is 3.64. The van der Waals surface area contributed by atoms with Crippen LogP contribution in [0.4, 0.5) is 164 Å². The molecular weight excluding hydrogens is 1130 g/mol. The molecule has 78 heavy (non-hydrogen) atoms. The summed E-state index contributed by atoms with van der Waals surface area (Å²) in [5.41, 5.74) is -28.1. The van der Waals surface area contributed by atoms with Gasteiger partial charge in [-0.25, -0.2) is 52.7 Å². The Hall–Kier alpha value is -7.95. The van der Waals surface area contributed by atoms with Gasteiger partial charge < -0.3 is 14.7 Å². The third kappa shape index (κ3) is 10.6. The quantitative estimate of drug-likeness (QED) is 0.106. The maximum atomic E-state index is 16.6. The van der Waals surface area contributed by atoms with Gasteiger partial charge in [0.15, 0.2) is 64.0 Å². The van der Waals surface area contributed by atoms with Gasteiger partial charge in [0.25, 0.3) is 0 Å². The van der Waals surface area contributed by atoms with Crippen LogP contribution in [0.3, 0.4) is 0 Å². The Morgan fingerprint density at radius 2 is 0.628 bits per heavy atom. The van der Waals surface area contributed by atoms with Crippen molar-refractivity contribution in [2.24, 2.45) is 0 Å². The number of benzene rings is 6. The van der Waals surface area contributed by atoms with Crippen molar-refractivity contribution >= 4 is 45.5 Å². The Labute approximate surface area is 416 Å². The highest BCUT2D eigenvalue weighted by Crippen LogP contribution is 2.54. The van der Waals surface area contributed by atoms with Crippen molar-refractivity contribution in [2.45, 2.75) is 37.3 Å². The van der Waals surface area contributed by atoms with Crippen LogP contribution in [0.15, 0.2) is 126 Å². The third-order valence-corrected chi connectivity index (χ3v) is 11.1. The highest BCUT2D eigenvalue weighted by Gasteiger charge is 2.46. The highest BCUT2D eigenvalue weighted by atomic mass is 19.4. The molecule has 0 unspecified atom stereocenters. The number of nitrogens with zero attached hydrogens (tertiary/aromatic N) is 3. The first-order valence-electron chi connectivity index (χ1n) is 20.6. The van der Waals surface area contributed by atoms with Gasteiger partial charge in [0.2, 0.25) is 0 Å². The van der Waals surface area contributed by atoms with Gasteiger partial charge in [-0.3, -0.25) is 0 Å². The molecule has 0 heterocycles. The predicted octanol–water partition coefficient (Wildman–Crippen LogP) is 19.6. The summed E-state index contributed by atoms with van der Waals surface area (Å²) < 4.78 is 400. The monoisotopic (exact) mass is 1150 g/mol. The second kappa shape index (κ2) is 20.1. The molecule has 0 bridgehead atoms. The first kappa shape index (κ1) is 57.7. The molecule has 0 aromatic heterocycles. The zero-order valence-electron chi connectivity index (χ0n) is 37.0. The maximum Gasteiger partial charge on any atom is 0.422 e. The van der Waals surface area contributed by atoms with E-state index in [-0.39, 0.29) is 102 Å². The molecule has 0 radical (unpaired) electrons. The fraction of sp³-hybridized carbons (Fsp3) is 0.125. The molecule has 0 aliphatic heterocycles. The fourth-order valence-corrected chi connectivity index (χ4v) is 7.63. The maximum absolute atomic E-state index is 16.6. The number of anilines is 8. The van der Waals surface area contributed by atoms with E-state index >= 15 is 52.7 Å². The SMILES string of the molecule is FC1=CCC(F)=C(F)C(N(c2ccc(C(F)(F)F)cc2)c2cc(N(c3ccc(C(F)(F)F)cc3)c3c(F)c(F)c(C(F)(F)F)c(F)c3F)ccc2N(c2ccc(C(F)(F)F)cc2)c2c(F)c(F)c(C(F)(F)F)c(F)c2F)=C1F. The van der Waals surface area contributed by atoms with E-state index in [0.717, 1.165) is 0 Å². The topological polar surface area (TPSA) is 9.72 Å². The van der Waals surface area contributed by atoms with E-state index in [4.69, 9.17) is 0 Å². The molecule has 0 N–H and O–H groups in total. The lowest BCUT2D eigenvalue weighted by atomic mass is 10.0. The second-order valence-corrected chi connectivity index (χ2v) is 15.9. The van der Waals surface area contributed by atoms with Crippen LogP contribution < -0.4 is 14.7 Å². The summed E-state index contributed by atoms with van der Waals surface area (Å²) >= 11 is 0. The predicted molar refractivity (Wildman–Crippen MR) is 220 cm³/mol. The Morgan fingerprint density at radius 1 is 0.308 bits per heavy atom. The molecule has 0 amide bonds. The number of halogens is 27. The molecule has 0 saturated heterocycles. The van der Waals surface area contributed by atoms with Gasteiger partial charge in [-0.2, -0.15) is 65.9 Å². The molecule has 414 valence electrons. The van der Waals surface area contributed by atoms with E-state index in [9.17, 15) is 65.9 Å². The normalized spacial score (nSPS) is 14.0. The molecule has 7 rings (SSSR count). The lowest BCUT2D eigenvalue weighted by Crippen LogP contribution is -2.25. The van der Waals surface area contributed by atoms with Crippen molar-refractivity contribution in [1.82, 2.24) is 0 Å². The Bertz CT molecular complexity index is 3360. The van der Waals surface area contributed by atoms with Crippen molar-refractivity contribution in [3.63, 3.8) is 0 Å². The van der Waals surface area contributed by atoms with Gasteiger partial charge in [-0.05, 0) is 97.1 Å².